The topological polar surface area (TPSA) is 37.8 Å². The number of rotatable bonds is 4. The molecule has 3 heterocycles. The SMILES string of the molecule is CCNCc1cc2cnsc2nc1-c1ccsc1. The Balaban J connectivity index is 2.13. The van der Waals surface area contributed by atoms with Gasteiger partial charge < -0.3 is 5.32 Å². The Kier molecular flexibility index (Phi) is 3.36. The molecule has 0 saturated carbocycles. The highest BCUT2D eigenvalue weighted by molar-refractivity contribution is 7.12. The lowest BCUT2D eigenvalue weighted by atomic mass is 10.1. The first-order chi connectivity index (χ1) is 8.88. The summed E-state index contributed by atoms with van der Waals surface area (Å²) in [4.78, 5) is 5.76. The van der Waals surface area contributed by atoms with Gasteiger partial charge in [0, 0.05) is 22.9 Å². The number of pyridine rings is 1. The van der Waals surface area contributed by atoms with Crippen LogP contribution in [0.15, 0.2) is 29.1 Å². The highest BCUT2D eigenvalue weighted by Gasteiger charge is 2.10. The molecule has 0 amide bonds. The van der Waals surface area contributed by atoms with Gasteiger partial charge in [-0.2, -0.15) is 15.7 Å². The Morgan fingerprint density at radius 3 is 3.11 bits per heavy atom. The summed E-state index contributed by atoms with van der Waals surface area (Å²) in [5, 5.41) is 8.73. The minimum Gasteiger partial charge on any atom is -0.313 e. The van der Waals surface area contributed by atoms with Crippen LogP contribution in [0.3, 0.4) is 0 Å². The number of fused-ring (bicyclic) bond motifs is 1. The summed E-state index contributed by atoms with van der Waals surface area (Å²) in [5.41, 5.74) is 3.51. The second-order valence-corrected chi connectivity index (χ2v) is 5.57. The van der Waals surface area contributed by atoms with Crippen molar-refractivity contribution in [1.82, 2.24) is 14.7 Å². The van der Waals surface area contributed by atoms with Crippen molar-refractivity contribution in [3.05, 3.63) is 34.7 Å². The van der Waals surface area contributed by atoms with Crippen LogP contribution in [0.5, 0.6) is 0 Å². The molecule has 0 aromatic carbocycles. The van der Waals surface area contributed by atoms with Gasteiger partial charge in [-0.15, -0.1) is 0 Å². The van der Waals surface area contributed by atoms with E-state index < -0.39 is 0 Å². The van der Waals surface area contributed by atoms with Crippen LogP contribution in [0.25, 0.3) is 21.5 Å². The van der Waals surface area contributed by atoms with Gasteiger partial charge in [-0.25, -0.2) is 4.98 Å². The van der Waals surface area contributed by atoms with Crippen LogP contribution in [-0.4, -0.2) is 15.9 Å². The number of hydrogen-bond donors (Lipinski definition) is 1. The number of thiophene rings is 1. The van der Waals surface area contributed by atoms with Crippen molar-refractivity contribution in [2.75, 3.05) is 6.54 Å². The van der Waals surface area contributed by atoms with Gasteiger partial charge in [-0.05, 0) is 41.2 Å². The van der Waals surface area contributed by atoms with E-state index in [0.717, 1.165) is 29.0 Å². The molecule has 0 spiro atoms. The van der Waals surface area contributed by atoms with Crippen LogP contribution in [0.4, 0.5) is 0 Å². The van der Waals surface area contributed by atoms with E-state index in [1.54, 1.807) is 11.3 Å². The molecule has 3 rings (SSSR count). The standard InChI is InChI=1S/C13H13N3S2/c1-2-14-6-10-5-11-7-15-18-13(11)16-12(10)9-3-4-17-8-9/h3-5,7-8,14H,2,6H2,1H3. The lowest BCUT2D eigenvalue weighted by Gasteiger charge is -2.08. The molecule has 0 unspecified atom stereocenters. The summed E-state index contributed by atoms with van der Waals surface area (Å²) < 4.78 is 4.21. The van der Waals surface area contributed by atoms with Gasteiger partial charge in [-0.3, -0.25) is 0 Å². The number of aromatic nitrogens is 2. The fraction of sp³-hybridized carbons (Fsp3) is 0.231. The fourth-order valence-corrected chi connectivity index (χ4v) is 3.15. The van der Waals surface area contributed by atoms with E-state index in [1.807, 2.05) is 6.20 Å². The third-order valence-electron chi connectivity index (χ3n) is 2.79. The van der Waals surface area contributed by atoms with Crippen LogP contribution >= 0.6 is 22.9 Å². The van der Waals surface area contributed by atoms with Gasteiger partial charge in [0.05, 0.1) is 11.9 Å². The quantitative estimate of drug-likeness (QED) is 0.791. The van der Waals surface area contributed by atoms with Gasteiger partial charge >= 0.3 is 0 Å². The predicted octanol–water partition coefficient (Wildman–Crippen LogP) is 3.53. The van der Waals surface area contributed by atoms with Crippen molar-refractivity contribution >= 4 is 33.1 Å². The van der Waals surface area contributed by atoms with Gasteiger partial charge in [0.2, 0.25) is 0 Å². The summed E-state index contributed by atoms with van der Waals surface area (Å²) in [7, 11) is 0. The molecule has 5 heteroatoms. The van der Waals surface area contributed by atoms with E-state index in [2.05, 4.69) is 39.5 Å². The molecule has 0 atom stereocenters. The molecule has 0 saturated heterocycles. The fourth-order valence-electron chi connectivity index (χ4n) is 1.90. The van der Waals surface area contributed by atoms with Crippen LogP contribution in [0.2, 0.25) is 0 Å². The van der Waals surface area contributed by atoms with Crippen LogP contribution < -0.4 is 5.32 Å². The maximum Gasteiger partial charge on any atom is 0.144 e. The number of nitrogens with one attached hydrogen (secondary N) is 1. The average molecular weight is 275 g/mol. The van der Waals surface area contributed by atoms with Crippen LogP contribution in [0.1, 0.15) is 12.5 Å². The van der Waals surface area contributed by atoms with E-state index in [-0.39, 0.29) is 0 Å². The van der Waals surface area contributed by atoms with Crippen molar-refractivity contribution in [2.45, 2.75) is 13.5 Å². The van der Waals surface area contributed by atoms with E-state index in [9.17, 15) is 0 Å². The Morgan fingerprint density at radius 2 is 2.33 bits per heavy atom. The summed E-state index contributed by atoms with van der Waals surface area (Å²) in [6, 6.07) is 4.32. The first kappa shape index (κ1) is 11.8. The van der Waals surface area contributed by atoms with Crippen molar-refractivity contribution in [1.29, 1.82) is 0 Å². The molecule has 0 aliphatic heterocycles. The second-order valence-electron chi connectivity index (χ2n) is 4.01. The number of nitrogens with zero attached hydrogens (tertiary/aromatic N) is 2. The van der Waals surface area contributed by atoms with Gasteiger partial charge in [0.15, 0.2) is 0 Å². The first-order valence-corrected chi connectivity index (χ1v) is 7.57. The summed E-state index contributed by atoms with van der Waals surface area (Å²) in [6.45, 7) is 3.92. The van der Waals surface area contributed by atoms with Crippen molar-refractivity contribution in [2.24, 2.45) is 0 Å². The first-order valence-electron chi connectivity index (χ1n) is 5.86. The molecule has 3 aromatic heterocycles. The van der Waals surface area contributed by atoms with E-state index in [0.29, 0.717) is 0 Å². The molecule has 1 N–H and O–H groups in total. The summed E-state index contributed by atoms with van der Waals surface area (Å²) >= 11 is 3.15. The minimum atomic E-state index is 0.848. The Labute approximate surface area is 114 Å². The summed E-state index contributed by atoms with van der Waals surface area (Å²) in [6.07, 6.45) is 1.89. The zero-order valence-corrected chi connectivity index (χ0v) is 11.6. The molecule has 0 aliphatic rings. The average Bonchev–Trinajstić information content (AvgIpc) is 3.05. The minimum absolute atomic E-state index is 0.848. The Morgan fingerprint density at radius 1 is 1.39 bits per heavy atom. The largest absolute Gasteiger partial charge is 0.313 e. The van der Waals surface area contributed by atoms with Crippen molar-refractivity contribution in [3.8, 4) is 11.3 Å². The lowest BCUT2D eigenvalue weighted by molar-refractivity contribution is 0.727. The lowest BCUT2D eigenvalue weighted by Crippen LogP contribution is -2.12. The second kappa shape index (κ2) is 5.14. The normalized spacial score (nSPS) is 11.2. The zero-order chi connectivity index (χ0) is 12.4. The summed E-state index contributed by atoms with van der Waals surface area (Å²) in [5.74, 6) is 0. The molecule has 0 radical (unpaired) electrons. The maximum absolute atomic E-state index is 4.75. The Hall–Kier alpha value is -1.30. The van der Waals surface area contributed by atoms with Gasteiger partial charge in [0.25, 0.3) is 0 Å². The molecule has 0 aliphatic carbocycles. The van der Waals surface area contributed by atoms with Crippen LogP contribution in [-0.2, 0) is 6.54 Å². The van der Waals surface area contributed by atoms with Crippen LogP contribution in [0, 0.1) is 0 Å². The molecular weight excluding hydrogens is 262 g/mol. The van der Waals surface area contributed by atoms with E-state index in [1.165, 1.54) is 22.7 Å². The highest BCUT2D eigenvalue weighted by atomic mass is 32.1. The number of hydrogen-bond acceptors (Lipinski definition) is 5. The highest BCUT2D eigenvalue weighted by Crippen LogP contribution is 2.28. The van der Waals surface area contributed by atoms with Gasteiger partial charge in [-0.1, -0.05) is 6.92 Å². The zero-order valence-electron chi connectivity index (χ0n) is 10.0. The molecule has 3 aromatic rings. The molecule has 18 heavy (non-hydrogen) atoms. The maximum atomic E-state index is 4.75. The van der Waals surface area contributed by atoms with E-state index in [4.69, 9.17) is 4.98 Å². The molecule has 92 valence electrons. The monoisotopic (exact) mass is 275 g/mol. The molecule has 0 fully saturated rings. The van der Waals surface area contributed by atoms with Crippen molar-refractivity contribution in [3.63, 3.8) is 0 Å². The molecule has 0 bridgehead atoms. The smallest absolute Gasteiger partial charge is 0.144 e. The van der Waals surface area contributed by atoms with Crippen molar-refractivity contribution < 1.29 is 0 Å². The predicted molar refractivity (Wildman–Crippen MR) is 78.1 cm³/mol. The third kappa shape index (κ3) is 2.16. The Bertz CT molecular complexity index is 643. The third-order valence-corrected chi connectivity index (χ3v) is 4.18. The van der Waals surface area contributed by atoms with E-state index >= 15 is 0 Å². The molecular formula is C13H13N3S2. The van der Waals surface area contributed by atoms with Gasteiger partial charge in [0.1, 0.15) is 4.83 Å². The molecule has 3 nitrogen and oxygen atoms in total.